The summed E-state index contributed by atoms with van der Waals surface area (Å²) in [4.78, 5) is 12.9. The van der Waals surface area contributed by atoms with E-state index in [2.05, 4.69) is 5.32 Å². The molecule has 0 unspecified atom stereocenters. The number of sulfonamides is 1. The van der Waals surface area contributed by atoms with E-state index in [1.54, 1.807) is 48.5 Å². The molecule has 1 amide bonds. The topological polar surface area (TPSA) is 75.7 Å². The van der Waals surface area contributed by atoms with Crippen LogP contribution in [-0.4, -0.2) is 28.0 Å². The number of nitrogens with one attached hydrogen (secondary N) is 1. The van der Waals surface area contributed by atoms with E-state index < -0.39 is 22.5 Å². The van der Waals surface area contributed by atoms with Gasteiger partial charge in [0.15, 0.2) is 0 Å². The zero-order valence-electron chi connectivity index (χ0n) is 17.1. The van der Waals surface area contributed by atoms with Gasteiger partial charge in [-0.3, -0.25) is 9.10 Å². The van der Waals surface area contributed by atoms with Crippen molar-refractivity contribution in [3.8, 4) is 5.75 Å². The predicted octanol–water partition coefficient (Wildman–Crippen LogP) is 4.15. The Balaban J connectivity index is 2.04. The summed E-state index contributed by atoms with van der Waals surface area (Å²) in [5.74, 6) is -0.0933. The Kier molecular flexibility index (Phi) is 6.42. The van der Waals surface area contributed by atoms with Crippen molar-refractivity contribution in [2.45, 2.75) is 18.7 Å². The largest absolute Gasteiger partial charge is 0.495 e. The van der Waals surface area contributed by atoms with Crippen LogP contribution in [0.15, 0.2) is 77.7 Å². The van der Waals surface area contributed by atoms with Crippen LogP contribution in [0.1, 0.15) is 11.1 Å². The highest BCUT2D eigenvalue weighted by Gasteiger charge is 2.29. The maximum absolute atomic E-state index is 13.5. The summed E-state index contributed by atoms with van der Waals surface area (Å²) in [6, 6.07) is 20.6. The summed E-state index contributed by atoms with van der Waals surface area (Å²) in [5, 5.41) is 2.74. The summed E-state index contributed by atoms with van der Waals surface area (Å²) >= 11 is 0. The second-order valence-electron chi connectivity index (χ2n) is 6.91. The number of hydrogen-bond acceptors (Lipinski definition) is 4. The van der Waals surface area contributed by atoms with E-state index in [1.165, 1.54) is 19.2 Å². The lowest BCUT2D eigenvalue weighted by molar-refractivity contribution is -0.114. The third-order valence-electron chi connectivity index (χ3n) is 4.56. The Morgan fingerprint density at radius 2 is 1.57 bits per heavy atom. The Morgan fingerprint density at radius 3 is 2.20 bits per heavy atom. The molecule has 0 aromatic heterocycles. The number of rotatable bonds is 7. The first-order valence-electron chi connectivity index (χ1n) is 9.40. The molecule has 0 saturated carbocycles. The Hall–Kier alpha value is -3.32. The van der Waals surface area contributed by atoms with Crippen LogP contribution in [0, 0.1) is 13.8 Å². The molecular weight excluding hydrogens is 400 g/mol. The van der Waals surface area contributed by atoms with E-state index in [4.69, 9.17) is 4.74 Å². The molecule has 0 heterocycles. The number of nitrogens with zero attached hydrogens (tertiary/aromatic N) is 1. The van der Waals surface area contributed by atoms with Crippen molar-refractivity contribution < 1.29 is 17.9 Å². The fourth-order valence-electron chi connectivity index (χ4n) is 2.98. The van der Waals surface area contributed by atoms with Gasteiger partial charge in [0.1, 0.15) is 12.3 Å². The van der Waals surface area contributed by atoms with Gasteiger partial charge in [0, 0.05) is 5.69 Å². The molecule has 7 heteroatoms. The number of carbonyl (C=O) groups is 1. The molecule has 6 nitrogen and oxygen atoms in total. The van der Waals surface area contributed by atoms with Crippen LogP contribution < -0.4 is 14.4 Å². The number of ether oxygens (including phenoxy) is 1. The smallest absolute Gasteiger partial charge is 0.264 e. The molecule has 3 aromatic carbocycles. The second-order valence-corrected chi connectivity index (χ2v) is 8.78. The molecule has 0 fully saturated rings. The lowest BCUT2D eigenvalue weighted by Crippen LogP contribution is -2.38. The molecule has 1 N–H and O–H groups in total. The second kappa shape index (κ2) is 9.00. The molecule has 0 radical (unpaired) electrons. The predicted molar refractivity (Wildman–Crippen MR) is 119 cm³/mol. The van der Waals surface area contributed by atoms with Gasteiger partial charge in [-0.15, -0.1) is 0 Å². The maximum atomic E-state index is 13.5. The Labute approximate surface area is 177 Å². The van der Waals surface area contributed by atoms with Gasteiger partial charge in [-0.1, -0.05) is 42.0 Å². The number of methoxy groups -OCH3 is 1. The minimum atomic E-state index is -4.02. The molecular formula is C23H24N2O4S. The summed E-state index contributed by atoms with van der Waals surface area (Å²) < 4.78 is 33.5. The number of anilines is 2. The quantitative estimate of drug-likeness (QED) is 0.618. The van der Waals surface area contributed by atoms with Crippen LogP contribution >= 0.6 is 0 Å². The average molecular weight is 425 g/mol. The molecule has 30 heavy (non-hydrogen) atoms. The van der Waals surface area contributed by atoms with Crippen molar-refractivity contribution in [1.82, 2.24) is 0 Å². The standard InChI is InChI=1S/C23H24N2O4S/c1-17-9-12-20(13-10-17)30(27,28)25(21-15-18(2)11-14-22(21)29-3)16-23(26)24-19-7-5-4-6-8-19/h4-15H,16H2,1-3H3,(H,24,26). The first-order valence-corrected chi connectivity index (χ1v) is 10.8. The summed E-state index contributed by atoms with van der Waals surface area (Å²) in [6.07, 6.45) is 0. The van der Waals surface area contributed by atoms with E-state index in [0.717, 1.165) is 15.4 Å². The Morgan fingerprint density at radius 1 is 0.933 bits per heavy atom. The molecule has 0 saturated heterocycles. The third kappa shape index (κ3) is 4.80. The first-order chi connectivity index (χ1) is 14.3. The molecule has 3 rings (SSSR count). The van der Waals surface area contributed by atoms with E-state index in [9.17, 15) is 13.2 Å². The van der Waals surface area contributed by atoms with Gasteiger partial charge in [-0.2, -0.15) is 0 Å². The van der Waals surface area contributed by atoms with Gasteiger partial charge in [0.05, 0.1) is 17.7 Å². The number of hydrogen-bond donors (Lipinski definition) is 1. The van der Waals surface area contributed by atoms with Gasteiger partial charge in [0.2, 0.25) is 5.91 Å². The lowest BCUT2D eigenvalue weighted by Gasteiger charge is -2.26. The maximum Gasteiger partial charge on any atom is 0.264 e. The molecule has 0 aliphatic carbocycles. The van der Waals surface area contributed by atoms with Crippen LogP contribution in [0.3, 0.4) is 0 Å². The highest BCUT2D eigenvalue weighted by Crippen LogP contribution is 2.33. The van der Waals surface area contributed by atoms with Crippen molar-refractivity contribution in [2.75, 3.05) is 23.3 Å². The minimum absolute atomic E-state index is 0.101. The number of para-hydroxylation sites is 1. The molecule has 0 aliphatic heterocycles. The van der Waals surface area contributed by atoms with Gasteiger partial charge < -0.3 is 10.1 Å². The zero-order valence-corrected chi connectivity index (χ0v) is 17.9. The Bertz CT molecular complexity index is 1130. The third-order valence-corrected chi connectivity index (χ3v) is 6.33. The van der Waals surface area contributed by atoms with E-state index >= 15 is 0 Å². The van der Waals surface area contributed by atoms with Gasteiger partial charge in [-0.25, -0.2) is 8.42 Å². The summed E-state index contributed by atoms with van der Waals surface area (Å²) in [5.41, 5.74) is 2.68. The number of amides is 1. The van der Waals surface area contributed by atoms with Gasteiger partial charge in [0.25, 0.3) is 10.0 Å². The van der Waals surface area contributed by atoms with Crippen LogP contribution in [-0.2, 0) is 14.8 Å². The first kappa shape index (κ1) is 21.4. The van der Waals surface area contributed by atoms with Crippen LogP contribution in [0.25, 0.3) is 0 Å². The van der Waals surface area contributed by atoms with Gasteiger partial charge in [-0.05, 0) is 55.8 Å². The molecule has 3 aromatic rings. The van der Waals surface area contributed by atoms with Crippen LogP contribution in [0.2, 0.25) is 0 Å². The van der Waals surface area contributed by atoms with Crippen molar-refractivity contribution >= 4 is 27.3 Å². The zero-order chi connectivity index (χ0) is 21.7. The monoisotopic (exact) mass is 424 g/mol. The molecule has 156 valence electrons. The molecule has 0 bridgehead atoms. The average Bonchev–Trinajstić information content (AvgIpc) is 2.73. The fraction of sp³-hybridized carbons (Fsp3) is 0.174. The van der Waals surface area contributed by atoms with Crippen LogP contribution in [0.4, 0.5) is 11.4 Å². The van der Waals surface area contributed by atoms with E-state index in [0.29, 0.717) is 17.1 Å². The van der Waals surface area contributed by atoms with Crippen molar-refractivity contribution in [3.63, 3.8) is 0 Å². The normalized spacial score (nSPS) is 11.0. The lowest BCUT2D eigenvalue weighted by atomic mass is 10.2. The van der Waals surface area contributed by atoms with E-state index in [1.807, 2.05) is 26.0 Å². The van der Waals surface area contributed by atoms with E-state index in [-0.39, 0.29) is 4.90 Å². The number of carbonyl (C=O) groups excluding carboxylic acids is 1. The molecule has 0 spiro atoms. The van der Waals surface area contributed by atoms with Crippen LogP contribution in [0.5, 0.6) is 5.75 Å². The summed E-state index contributed by atoms with van der Waals surface area (Å²) in [6.45, 7) is 3.33. The van der Waals surface area contributed by atoms with Crippen molar-refractivity contribution in [1.29, 1.82) is 0 Å². The van der Waals surface area contributed by atoms with Gasteiger partial charge >= 0.3 is 0 Å². The highest BCUT2D eigenvalue weighted by atomic mass is 32.2. The molecule has 0 aliphatic rings. The summed E-state index contributed by atoms with van der Waals surface area (Å²) in [7, 11) is -2.55. The highest BCUT2D eigenvalue weighted by molar-refractivity contribution is 7.92. The van der Waals surface area contributed by atoms with Crippen molar-refractivity contribution in [3.05, 3.63) is 83.9 Å². The SMILES string of the molecule is COc1ccc(C)cc1N(CC(=O)Nc1ccccc1)S(=O)(=O)c1ccc(C)cc1. The number of benzene rings is 3. The fourth-order valence-corrected chi connectivity index (χ4v) is 4.41. The minimum Gasteiger partial charge on any atom is -0.495 e. The molecule has 0 atom stereocenters. The number of aryl methyl sites for hydroxylation is 2. The van der Waals surface area contributed by atoms with Crippen molar-refractivity contribution in [2.24, 2.45) is 0 Å².